The van der Waals surface area contributed by atoms with Crippen molar-refractivity contribution in [2.45, 2.75) is 32.9 Å². The summed E-state index contributed by atoms with van der Waals surface area (Å²) in [5.74, 6) is -0.906. The Morgan fingerprint density at radius 3 is 2.27 bits per heavy atom. The standard InChI is InChI=1S/C9H12F3NO2/c1-3-15-7(14)8(2,6-13)4-5-9(10,11)12/h3-5H2,1-2H3. The topological polar surface area (TPSA) is 50.1 Å². The summed E-state index contributed by atoms with van der Waals surface area (Å²) in [5, 5.41) is 8.66. The van der Waals surface area contributed by atoms with Crippen molar-refractivity contribution in [3.05, 3.63) is 0 Å². The van der Waals surface area contributed by atoms with Gasteiger partial charge in [0.15, 0.2) is 5.41 Å². The number of ether oxygens (including phenoxy) is 1. The molecule has 1 unspecified atom stereocenters. The summed E-state index contributed by atoms with van der Waals surface area (Å²) < 4.78 is 40.3. The molecule has 0 aliphatic carbocycles. The summed E-state index contributed by atoms with van der Waals surface area (Å²) in [5.41, 5.74) is -1.72. The van der Waals surface area contributed by atoms with Crippen LogP contribution in [0.25, 0.3) is 0 Å². The van der Waals surface area contributed by atoms with E-state index < -0.39 is 30.4 Å². The average Bonchev–Trinajstić information content (AvgIpc) is 2.13. The molecule has 0 fully saturated rings. The van der Waals surface area contributed by atoms with Gasteiger partial charge in [-0.1, -0.05) is 0 Å². The first-order valence-corrected chi connectivity index (χ1v) is 4.40. The molecule has 0 aliphatic rings. The average molecular weight is 223 g/mol. The van der Waals surface area contributed by atoms with E-state index in [1.165, 1.54) is 6.92 Å². The number of carbonyl (C=O) groups excluding carboxylic acids is 1. The van der Waals surface area contributed by atoms with Crippen molar-refractivity contribution >= 4 is 5.97 Å². The van der Waals surface area contributed by atoms with Crippen LogP contribution in [-0.2, 0) is 9.53 Å². The third kappa shape index (κ3) is 4.68. The number of hydrogen-bond acceptors (Lipinski definition) is 3. The Morgan fingerprint density at radius 1 is 1.40 bits per heavy atom. The van der Waals surface area contributed by atoms with Gasteiger partial charge in [-0.3, -0.25) is 4.79 Å². The van der Waals surface area contributed by atoms with Gasteiger partial charge >= 0.3 is 12.1 Å². The Bertz CT molecular complexity index is 270. The third-order valence-electron chi connectivity index (χ3n) is 1.88. The summed E-state index contributed by atoms with van der Waals surface area (Å²) in [6, 6.07) is 1.56. The zero-order valence-corrected chi connectivity index (χ0v) is 8.52. The number of halogens is 3. The lowest BCUT2D eigenvalue weighted by Gasteiger charge is -2.19. The van der Waals surface area contributed by atoms with Gasteiger partial charge < -0.3 is 4.74 Å². The van der Waals surface area contributed by atoms with Crippen LogP contribution in [0.1, 0.15) is 26.7 Å². The van der Waals surface area contributed by atoms with Gasteiger partial charge in [-0.2, -0.15) is 18.4 Å². The van der Waals surface area contributed by atoms with Gasteiger partial charge in [0.25, 0.3) is 0 Å². The van der Waals surface area contributed by atoms with Crippen molar-refractivity contribution in [1.82, 2.24) is 0 Å². The molecular weight excluding hydrogens is 211 g/mol. The smallest absolute Gasteiger partial charge is 0.389 e. The van der Waals surface area contributed by atoms with Gasteiger partial charge in [0, 0.05) is 6.42 Å². The fraction of sp³-hybridized carbons (Fsp3) is 0.778. The maximum absolute atomic E-state index is 11.9. The molecule has 0 aromatic carbocycles. The molecule has 0 rings (SSSR count). The molecule has 6 heteroatoms. The number of hydrogen-bond donors (Lipinski definition) is 0. The molecular formula is C9H12F3NO2. The number of alkyl halides is 3. The summed E-state index contributed by atoms with van der Waals surface area (Å²) in [6.45, 7) is 2.72. The molecule has 0 saturated heterocycles. The molecule has 0 amide bonds. The predicted octanol–water partition coefficient (Wildman–Crippen LogP) is 2.42. The normalized spacial score (nSPS) is 15.2. The van der Waals surface area contributed by atoms with Crippen LogP contribution in [0.15, 0.2) is 0 Å². The molecule has 86 valence electrons. The molecule has 1 atom stereocenters. The van der Waals surface area contributed by atoms with Crippen molar-refractivity contribution in [3.8, 4) is 6.07 Å². The second kappa shape index (κ2) is 5.01. The lowest BCUT2D eigenvalue weighted by Crippen LogP contribution is -2.30. The highest BCUT2D eigenvalue weighted by Crippen LogP contribution is 2.31. The molecule has 0 spiro atoms. The molecule has 0 aromatic rings. The van der Waals surface area contributed by atoms with E-state index in [1.54, 1.807) is 6.07 Å². The summed E-state index contributed by atoms with van der Waals surface area (Å²) in [7, 11) is 0. The number of esters is 1. The first-order valence-electron chi connectivity index (χ1n) is 4.40. The second-order valence-corrected chi connectivity index (χ2v) is 3.28. The Kier molecular flexibility index (Phi) is 4.59. The fourth-order valence-electron chi connectivity index (χ4n) is 0.886. The van der Waals surface area contributed by atoms with Gasteiger partial charge in [-0.05, 0) is 20.3 Å². The van der Waals surface area contributed by atoms with E-state index in [4.69, 9.17) is 5.26 Å². The number of carbonyl (C=O) groups is 1. The number of rotatable bonds is 4. The van der Waals surface area contributed by atoms with Crippen LogP contribution in [0.5, 0.6) is 0 Å². The zero-order valence-electron chi connectivity index (χ0n) is 8.52. The van der Waals surface area contributed by atoms with E-state index in [0.717, 1.165) is 6.92 Å². The van der Waals surface area contributed by atoms with Crippen LogP contribution in [0.2, 0.25) is 0 Å². The summed E-state index contributed by atoms with van der Waals surface area (Å²) in [6.07, 6.45) is -6.12. The molecule has 0 heterocycles. The number of nitrogens with zero attached hydrogens (tertiary/aromatic N) is 1. The van der Waals surface area contributed by atoms with Crippen molar-refractivity contribution in [1.29, 1.82) is 5.26 Å². The van der Waals surface area contributed by atoms with Crippen LogP contribution in [0, 0.1) is 16.7 Å². The molecule has 15 heavy (non-hydrogen) atoms. The maximum Gasteiger partial charge on any atom is 0.389 e. The SMILES string of the molecule is CCOC(=O)C(C)(C#N)CCC(F)(F)F. The molecule has 0 aliphatic heterocycles. The molecule has 0 N–H and O–H groups in total. The second-order valence-electron chi connectivity index (χ2n) is 3.28. The van der Waals surface area contributed by atoms with E-state index >= 15 is 0 Å². The highest BCUT2D eigenvalue weighted by molar-refractivity contribution is 5.79. The minimum atomic E-state index is -4.37. The summed E-state index contributed by atoms with van der Waals surface area (Å²) >= 11 is 0. The highest BCUT2D eigenvalue weighted by atomic mass is 19.4. The first-order chi connectivity index (χ1) is 6.75. The van der Waals surface area contributed by atoms with Gasteiger partial charge in [-0.25, -0.2) is 0 Å². The Balaban J connectivity index is 4.46. The van der Waals surface area contributed by atoms with Crippen LogP contribution < -0.4 is 0 Å². The van der Waals surface area contributed by atoms with Crippen molar-refractivity contribution in [3.63, 3.8) is 0 Å². The van der Waals surface area contributed by atoms with Gasteiger partial charge in [0.05, 0.1) is 12.7 Å². The maximum atomic E-state index is 11.9. The lowest BCUT2D eigenvalue weighted by molar-refractivity contribution is -0.157. The predicted molar refractivity (Wildman–Crippen MR) is 45.6 cm³/mol. The molecule has 0 aromatic heterocycles. The quantitative estimate of drug-likeness (QED) is 0.687. The van der Waals surface area contributed by atoms with Gasteiger partial charge in [0.2, 0.25) is 0 Å². The van der Waals surface area contributed by atoms with Gasteiger partial charge in [0.1, 0.15) is 0 Å². The molecule has 0 bridgehead atoms. The van der Waals surface area contributed by atoms with Crippen molar-refractivity contribution < 1.29 is 22.7 Å². The highest BCUT2D eigenvalue weighted by Gasteiger charge is 2.39. The number of nitriles is 1. The van der Waals surface area contributed by atoms with E-state index in [9.17, 15) is 18.0 Å². The molecule has 3 nitrogen and oxygen atoms in total. The lowest BCUT2D eigenvalue weighted by atomic mass is 9.87. The third-order valence-corrected chi connectivity index (χ3v) is 1.88. The van der Waals surface area contributed by atoms with Gasteiger partial charge in [-0.15, -0.1) is 0 Å². The minimum Gasteiger partial charge on any atom is -0.465 e. The van der Waals surface area contributed by atoms with Crippen LogP contribution >= 0.6 is 0 Å². The van der Waals surface area contributed by atoms with Crippen LogP contribution in [-0.4, -0.2) is 18.8 Å². The Morgan fingerprint density at radius 2 is 1.93 bits per heavy atom. The Labute approximate surface area is 85.8 Å². The van der Waals surface area contributed by atoms with E-state index in [-0.39, 0.29) is 6.61 Å². The fourth-order valence-corrected chi connectivity index (χ4v) is 0.886. The van der Waals surface area contributed by atoms with E-state index in [0.29, 0.717) is 0 Å². The molecule has 0 saturated carbocycles. The van der Waals surface area contributed by atoms with E-state index in [2.05, 4.69) is 4.74 Å². The molecule has 0 radical (unpaired) electrons. The van der Waals surface area contributed by atoms with Crippen LogP contribution in [0.3, 0.4) is 0 Å². The summed E-state index contributed by atoms with van der Waals surface area (Å²) in [4.78, 5) is 11.2. The first kappa shape index (κ1) is 13.8. The minimum absolute atomic E-state index is 0.0438. The van der Waals surface area contributed by atoms with Crippen molar-refractivity contribution in [2.24, 2.45) is 5.41 Å². The van der Waals surface area contributed by atoms with Crippen molar-refractivity contribution in [2.75, 3.05) is 6.61 Å². The monoisotopic (exact) mass is 223 g/mol. The van der Waals surface area contributed by atoms with Crippen LogP contribution in [0.4, 0.5) is 13.2 Å². The van der Waals surface area contributed by atoms with E-state index in [1.807, 2.05) is 0 Å². The Hall–Kier alpha value is -1.25. The zero-order chi connectivity index (χ0) is 12.1. The largest absolute Gasteiger partial charge is 0.465 e.